The van der Waals surface area contributed by atoms with Crippen LogP contribution in [0.4, 0.5) is 0 Å². The number of hydrogen-bond acceptors (Lipinski definition) is 1. The second-order valence-corrected chi connectivity index (χ2v) is 5.56. The molecule has 0 amide bonds. The van der Waals surface area contributed by atoms with E-state index in [9.17, 15) is 0 Å². The van der Waals surface area contributed by atoms with Gasteiger partial charge in [0.25, 0.3) is 0 Å². The van der Waals surface area contributed by atoms with Gasteiger partial charge in [0.05, 0.1) is 12.8 Å². The Bertz CT molecular complexity index is 829. The van der Waals surface area contributed by atoms with Crippen molar-refractivity contribution < 1.29 is 4.74 Å². The molecule has 0 aliphatic heterocycles. The van der Waals surface area contributed by atoms with Gasteiger partial charge in [0, 0.05) is 22.4 Å². The SMILES string of the molecule is COc1c(C)ccc2[nH]c3c(c12)C(C)c1ccccc1-3. The van der Waals surface area contributed by atoms with E-state index in [1.165, 1.54) is 38.9 Å². The molecule has 1 heterocycles. The van der Waals surface area contributed by atoms with E-state index in [-0.39, 0.29) is 0 Å². The molecule has 20 heavy (non-hydrogen) atoms. The largest absolute Gasteiger partial charge is 0.496 e. The van der Waals surface area contributed by atoms with Gasteiger partial charge in [-0.2, -0.15) is 0 Å². The summed E-state index contributed by atoms with van der Waals surface area (Å²) in [4.78, 5) is 3.58. The minimum Gasteiger partial charge on any atom is -0.496 e. The topological polar surface area (TPSA) is 25.0 Å². The molecule has 0 spiro atoms. The van der Waals surface area contributed by atoms with Crippen LogP contribution in [0, 0.1) is 6.92 Å². The van der Waals surface area contributed by atoms with E-state index >= 15 is 0 Å². The number of hydrogen-bond donors (Lipinski definition) is 1. The summed E-state index contributed by atoms with van der Waals surface area (Å²) < 4.78 is 5.67. The zero-order valence-corrected chi connectivity index (χ0v) is 11.9. The lowest BCUT2D eigenvalue weighted by Gasteiger charge is -2.11. The fourth-order valence-electron chi connectivity index (χ4n) is 3.55. The van der Waals surface area contributed by atoms with Crippen LogP contribution in [-0.2, 0) is 0 Å². The van der Waals surface area contributed by atoms with E-state index in [2.05, 4.69) is 55.2 Å². The van der Waals surface area contributed by atoms with Crippen molar-refractivity contribution in [3.8, 4) is 17.0 Å². The molecule has 4 rings (SSSR count). The predicted octanol–water partition coefficient (Wildman–Crippen LogP) is 4.62. The number of fused-ring (bicyclic) bond motifs is 5. The van der Waals surface area contributed by atoms with Crippen LogP contribution < -0.4 is 4.74 Å². The van der Waals surface area contributed by atoms with Crippen LogP contribution >= 0.6 is 0 Å². The maximum atomic E-state index is 5.67. The lowest BCUT2D eigenvalue weighted by Crippen LogP contribution is -1.93. The zero-order valence-electron chi connectivity index (χ0n) is 11.9. The summed E-state index contributed by atoms with van der Waals surface area (Å²) in [5.74, 6) is 1.41. The summed E-state index contributed by atoms with van der Waals surface area (Å²) in [5.41, 5.74) is 7.71. The number of aromatic amines is 1. The number of nitrogens with one attached hydrogen (secondary N) is 1. The molecule has 1 aliphatic carbocycles. The molecule has 0 fully saturated rings. The Balaban J connectivity index is 2.14. The zero-order chi connectivity index (χ0) is 13.9. The molecule has 1 aromatic heterocycles. The van der Waals surface area contributed by atoms with Gasteiger partial charge in [-0.05, 0) is 29.7 Å². The predicted molar refractivity (Wildman–Crippen MR) is 82.5 cm³/mol. The van der Waals surface area contributed by atoms with E-state index in [1.807, 2.05) is 0 Å². The first-order valence-corrected chi connectivity index (χ1v) is 7.01. The molecule has 1 atom stereocenters. The summed E-state index contributed by atoms with van der Waals surface area (Å²) >= 11 is 0. The van der Waals surface area contributed by atoms with Crippen molar-refractivity contribution in [1.29, 1.82) is 0 Å². The average Bonchev–Trinajstić information content (AvgIpc) is 2.97. The molecule has 1 unspecified atom stereocenters. The molecule has 2 aromatic carbocycles. The van der Waals surface area contributed by atoms with Gasteiger partial charge in [-0.15, -0.1) is 0 Å². The van der Waals surface area contributed by atoms with E-state index in [1.54, 1.807) is 7.11 Å². The molecule has 1 N–H and O–H groups in total. The van der Waals surface area contributed by atoms with Crippen LogP contribution in [-0.4, -0.2) is 12.1 Å². The summed E-state index contributed by atoms with van der Waals surface area (Å²) in [6.45, 7) is 4.38. The fourth-order valence-corrected chi connectivity index (χ4v) is 3.55. The molecular weight excluding hydrogens is 246 g/mol. The second-order valence-electron chi connectivity index (χ2n) is 5.56. The van der Waals surface area contributed by atoms with Crippen LogP contribution in [0.15, 0.2) is 36.4 Å². The van der Waals surface area contributed by atoms with Crippen molar-refractivity contribution in [1.82, 2.24) is 4.98 Å². The van der Waals surface area contributed by atoms with E-state index in [0.717, 1.165) is 5.75 Å². The normalized spacial score (nSPS) is 16.2. The van der Waals surface area contributed by atoms with Crippen molar-refractivity contribution in [3.05, 3.63) is 53.1 Å². The molecule has 2 nitrogen and oxygen atoms in total. The third-order valence-electron chi connectivity index (χ3n) is 4.49. The van der Waals surface area contributed by atoms with Crippen molar-refractivity contribution in [2.24, 2.45) is 0 Å². The Morgan fingerprint density at radius 1 is 1.10 bits per heavy atom. The summed E-state index contributed by atoms with van der Waals surface area (Å²) in [5, 5.41) is 1.24. The first-order chi connectivity index (χ1) is 9.72. The van der Waals surface area contributed by atoms with E-state index in [4.69, 9.17) is 4.74 Å². The van der Waals surface area contributed by atoms with Gasteiger partial charge in [0.2, 0.25) is 0 Å². The van der Waals surface area contributed by atoms with Gasteiger partial charge in [-0.1, -0.05) is 37.3 Å². The smallest absolute Gasteiger partial charge is 0.131 e. The molecule has 3 aromatic rings. The van der Waals surface area contributed by atoms with Gasteiger partial charge in [0.1, 0.15) is 5.75 Å². The quantitative estimate of drug-likeness (QED) is 0.681. The van der Waals surface area contributed by atoms with Crippen LogP contribution in [0.1, 0.15) is 29.5 Å². The Labute approximate surface area is 118 Å². The van der Waals surface area contributed by atoms with Crippen molar-refractivity contribution in [3.63, 3.8) is 0 Å². The average molecular weight is 263 g/mol. The highest BCUT2D eigenvalue weighted by atomic mass is 16.5. The lowest BCUT2D eigenvalue weighted by molar-refractivity contribution is 0.416. The monoisotopic (exact) mass is 263 g/mol. The van der Waals surface area contributed by atoms with Crippen molar-refractivity contribution in [2.75, 3.05) is 7.11 Å². The van der Waals surface area contributed by atoms with Crippen molar-refractivity contribution in [2.45, 2.75) is 19.8 Å². The van der Waals surface area contributed by atoms with Gasteiger partial charge in [-0.25, -0.2) is 0 Å². The fraction of sp³-hybridized carbons (Fsp3) is 0.222. The van der Waals surface area contributed by atoms with Gasteiger partial charge >= 0.3 is 0 Å². The first kappa shape index (κ1) is 11.6. The Morgan fingerprint density at radius 2 is 1.90 bits per heavy atom. The lowest BCUT2D eigenvalue weighted by atomic mass is 9.96. The second kappa shape index (κ2) is 3.89. The van der Waals surface area contributed by atoms with Gasteiger partial charge < -0.3 is 9.72 Å². The molecule has 0 saturated heterocycles. The molecule has 0 radical (unpaired) electrons. The number of benzene rings is 2. The van der Waals surface area contributed by atoms with Crippen LogP contribution in [0.5, 0.6) is 5.75 Å². The third kappa shape index (κ3) is 1.29. The minimum absolute atomic E-state index is 0.408. The maximum Gasteiger partial charge on any atom is 0.131 e. The molecule has 1 aliphatic rings. The summed E-state index contributed by atoms with van der Waals surface area (Å²) in [6, 6.07) is 12.9. The highest BCUT2D eigenvalue weighted by Crippen LogP contribution is 2.50. The number of ether oxygens (including phenoxy) is 1. The number of rotatable bonds is 1. The van der Waals surface area contributed by atoms with E-state index in [0.29, 0.717) is 5.92 Å². The Kier molecular flexibility index (Phi) is 2.25. The third-order valence-corrected chi connectivity index (χ3v) is 4.49. The number of aromatic nitrogens is 1. The molecule has 0 bridgehead atoms. The van der Waals surface area contributed by atoms with Gasteiger partial charge in [0.15, 0.2) is 0 Å². The number of methoxy groups -OCH3 is 1. The first-order valence-electron chi connectivity index (χ1n) is 7.01. The molecule has 0 saturated carbocycles. The van der Waals surface area contributed by atoms with Crippen LogP contribution in [0.3, 0.4) is 0 Å². The van der Waals surface area contributed by atoms with Crippen LogP contribution in [0.2, 0.25) is 0 Å². The number of H-pyrrole nitrogens is 1. The minimum atomic E-state index is 0.408. The van der Waals surface area contributed by atoms with Crippen molar-refractivity contribution >= 4 is 10.9 Å². The maximum absolute atomic E-state index is 5.67. The number of aryl methyl sites for hydroxylation is 1. The Hall–Kier alpha value is -2.22. The highest BCUT2D eigenvalue weighted by Gasteiger charge is 2.30. The summed E-state index contributed by atoms with van der Waals surface area (Å²) in [6.07, 6.45) is 0. The standard InChI is InChI=1S/C18H17NO/c1-10-8-9-14-16(18(10)20-3)15-11(2)12-6-4-5-7-13(12)17(15)19-14/h4-9,11,19H,1-3H3. The molecule has 100 valence electrons. The summed E-state index contributed by atoms with van der Waals surface area (Å²) in [7, 11) is 1.76. The van der Waals surface area contributed by atoms with Crippen LogP contribution in [0.25, 0.3) is 22.2 Å². The molecular formula is C18H17NO. The Morgan fingerprint density at radius 3 is 2.70 bits per heavy atom. The van der Waals surface area contributed by atoms with E-state index < -0.39 is 0 Å². The highest BCUT2D eigenvalue weighted by molar-refractivity contribution is 5.99. The van der Waals surface area contributed by atoms with Gasteiger partial charge in [-0.3, -0.25) is 0 Å². The molecule has 2 heteroatoms.